The van der Waals surface area contributed by atoms with Crippen LogP contribution >= 0.6 is 0 Å². The monoisotopic (exact) mass is 370 g/mol. The molecule has 0 aliphatic carbocycles. The lowest BCUT2D eigenvalue weighted by molar-refractivity contribution is -0.138. The van der Waals surface area contributed by atoms with Crippen molar-refractivity contribution in [3.63, 3.8) is 0 Å². The highest BCUT2D eigenvalue weighted by Crippen LogP contribution is 2.31. The first-order valence-corrected chi connectivity index (χ1v) is 9.41. The van der Waals surface area contributed by atoms with E-state index in [1.54, 1.807) is 7.11 Å². The number of imidazole rings is 1. The lowest BCUT2D eigenvalue weighted by Gasteiger charge is -2.37. The highest BCUT2D eigenvalue weighted by Gasteiger charge is 2.31. The summed E-state index contributed by atoms with van der Waals surface area (Å²) in [6, 6.07) is 5.78. The first kappa shape index (κ1) is 17.9. The molecule has 27 heavy (non-hydrogen) atoms. The molecule has 0 saturated carbocycles. The maximum absolute atomic E-state index is 13.0. The van der Waals surface area contributed by atoms with Crippen molar-refractivity contribution < 1.29 is 14.3 Å². The number of hydrogen-bond donors (Lipinski definition) is 0. The summed E-state index contributed by atoms with van der Waals surface area (Å²) in [4.78, 5) is 21.7. The molecule has 0 radical (unpaired) electrons. The Hall–Kier alpha value is -2.54. The number of rotatable bonds is 4. The predicted octanol–water partition coefficient (Wildman–Crippen LogP) is 1.32. The molecular formula is C20H26N4O3. The summed E-state index contributed by atoms with van der Waals surface area (Å²) >= 11 is 0. The molecule has 1 aromatic heterocycles. The molecule has 0 N–H and O–H groups in total. The van der Waals surface area contributed by atoms with Gasteiger partial charge in [-0.25, -0.2) is 4.98 Å². The summed E-state index contributed by atoms with van der Waals surface area (Å²) in [5.74, 6) is 2.79. The van der Waals surface area contributed by atoms with Crippen molar-refractivity contribution in [2.75, 3.05) is 39.9 Å². The van der Waals surface area contributed by atoms with Crippen LogP contribution in [0.2, 0.25) is 0 Å². The van der Waals surface area contributed by atoms with Gasteiger partial charge in [0.1, 0.15) is 23.9 Å². The third kappa shape index (κ3) is 3.78. The fourth-order valence-corrected chi connectivity index (χ4v) is 3.79. The fourth-order valence-electron chi connectivity index (χ4n) is 3.79. The Labute approximate surface area is 159 Å². The zero-order valence-electron chi connectivity index (χ0n) is 15.9. The molecule has 1 saturated heterocycles. The van der Waals surface area contributed by atoms with Crippen molar-refractivity contribution >= 4 is 5.91 Å². The number of carbonyl (C=O) groups excluding carboxylic acids is 1. The van der Waals surface area contributed by atoms with Crippen LogP contribution in [0.25, 0.3) is 0 Å². The van der Waals surface area contributed by atoms with Gasteiger partial charge < -0.3 is 18.9 Å². The fraction of sp³-hybridized carbons (Fsp3) is 0.500. The minimum absolute atomic E-state index is 0.120. The normalized spacial score (nSPS) is 20.1. The Kier molecular flexibility index (Phi) is 5.03. The van der Waals surface area contributed by atoms with E-state index in [0.717, 1.165) is 55.6 Å². The van der Waals surface area contributed by atoms with Crippen LogP contribution in [0.5, 0.6) is 11.5 Å². The smallest absolute Gasteiger partial charge is 0.229 e. The van der Waals surface area contributed by atoms with Crippen LogP contribution in [0.3, 0.4) is 0 Å². The molecule has 3 heterocycles. The minimum atomic E-state index is -0.120. The molecule has 7 heteroatoms. The second-order valence-electron chi connectivity index (χ2n) is 7.24. The Morgan fingerprint density at radius 3 is 2.81 bits per heavy atom. The first-order valence-electron chi connectivity index (χ1n) is 9.41. The number of carbonyl (C=O) groups is 1. The molecule has 7 nitrogen and oxygen atoms in total. The van der Waals surface area contributed by atoms with E-state index in [4.69, 9.17) is 9.47 Å². The van der Waals surface area contributed by atoms with Crippen LogP contribution in [-0.4, -0.2) is 65.2 Å². The van der Waals surface area contributed by atoms with Crippen LogP contribution in [0.4, 0.5) is 0 Å². The maximum atomic E-state index is 13.0. The van der Waals surface area contributed by atoms with E-state index in [1.807, 2.05) is 47.1 Å². The Balaban J connectivity index is 1.33. The third-order valence-corrected chi connectivity index (χ3v) is 5.49. The van der Waals surface area contributed by atoms with Gasteiger partial charge in [0.15, 0.2) is 0 Å². The van der Waals surface area contributed by atoms with E-state index in [-0.39, 0.29) is 11.8 Å². The van der Waals surface area contributed by atoms with Crippen LogP contribution in [0, 0.1) is 5.92 Å². The number of ether oxygens (including phenoxy) is 2. The topological polar surface area (TPSA) is 59.8 Å². The molecule has 1 aromatic carbocycles. The van der Waals surface area contributed by atoms with E-state index in [9.17, 15) is 4.79 Å². The summed E-state index contributed by atoms with van der Waals surface area (Å²) in [6.45, 7) is 4.53. The second kappa shape index (κ2) is 7.60. The molecule has 0 unspecified atom stereocenters. The number of benzene rings is 1. The Bertz CT molecular complexity index is 811. The summed E-state index contributed by atoms with van der Waals surface area (Å²) in [5, 5.41) is 0. The van der Waals surface area contributed by atoms with Crippen molar-refractivity contribution in [2.24, 2.45) is 13.0 Å². The molecule has 144 valence electrons. The van der Waals surface area contributed by atoms with Crippen LogP contribution < -0.4 is 9.47 Å². The standard InChI is InChI=1S/C20H26N4O3/c1-22-6-5-21-19(22)13-23-7-9-24(10-8-23)20(25)16-11-15-12-17(26-2)3-4-18(15)27-14-16/h3-6,12,16H,7-11,13-14H2,1-2H3/t16-/m1/s1. The summed E-state index contributed by atoms with van der Waals surface area (Å²) in [6.07, 6.45) is 4.49. The van der Waals surface area contributed by atoms with Gasteiger partial charge in [-0.15, -0.1) is 0 Å². The lowest BCUT2D eigenvalue weighted by atomic mass is 9.95. The Morgan fingerprint density at radius 2 is 2.11 bits per heavy atom. The number of hydrogen-bond acceptors (Lipinski definition) is 5. The molecular weight excluding hydrogens is 344 g/mol. The number of amides is 1. The zero-order valence-corrected chi connectivity index (χ0v) is 15.9. The molecule has 2 aliphatic rings. The SMILES string of the molecule is COc1ccc2c(c1)C[C@@H](C(=O)N1CCN(Cc3nccn3C)CC1)CO2. The van der Waals surface area contributed by atoms with E-state index in [2.05, 4.69) is 9.88 Å². The van der Waals surface area contributed by atoms with Gasteiger partial charge in [0.05, 0.1) is 19.6 Å². The highest BCUT2D eigenvalue weighted by molar-refractivity contribution is 5.80. The summed E-state index contributed by atoms with van der Waals surface area (Å²) in [7, 11) is 3.66. The van der Waals surface area contributed by atoms with Crippen molar-refractivity contribution in [2.45, 2.75) is 13.0 Å². The number of aromatic nitrogens is 2. The van der Waals surface area contributed by atoms with Crippen molar-refractivity contribution in [1.29, 1.82) is 0 Å². The van der Waals surface area contributed by atoms with E-state index < -0.39 is 0 Å². The van der Waals surface area contributed by atoms with Gasteiger partial charge in [-0.3, -0.25) is 9.69 Å². The molecule has 0 spiro atoms. The summed E-state index contributed by atoms with van der Waals surface area (Å²) in [5.41, 5.74) is 1.05. The molecule has 1 atom stereocenters. The van der Waals surface area contributed by atoms with Crippen molar-refractivity contribution in [3.8, 4) is 11.5 Å². The number of nitrogens with zero attached hydrogens (tertiary/aromatic N) is 4. The zero-order chi connectivity index (χ0) is 18.8. The predicted molar refractivity (Wildman–Crippen MR) is 101 cm³/mol. The average molecular weight is 370 g/mol. The van der Waals surface area contributed by atoms with E-state index in [1.165, 1.54) is 0 Å². The second-order valence-corrected chi connectivity index (χ2v) is 7.24. The molecule has 2 aromatic rings. The molecule has 0 bridgehead atoms. The van der Waals surface area contributed by atoms with Gasteiger partial charge in [-0.1, -0.05) is 0 Å². The highest BCUT2D eigenvalue weighted by atomic mass is 16.5. The molecule has 1 fully saturated rings. The summed E-state index contributed by atoms with van der Waals surface area (Å²) < 4.78 is 13.2. The van der Waals surface area contributed by atoms with Crippen molar-refractivity contribution in [3.05, 3.63) is 42.0 Å². The van der Waals surface area contributed by atoms with Crippen LogP contribution in [0.1, 0.15) is 11.4 Å². The van der Waals surface area contributed by atoms with Gasteiger partial charge in [0.2, 0.25) is 5.91 Å². The number of aryl methyl sites for hydroxylation is 1. The number of piperazine rings is 1. The van der Waals surface area contributed by atoms with E-state index >= 15 is 0 Å². The van der Waals surface area contributed by atoms with E-state index in [0.29, 0.717) is 13.0 Å². The molecule has 4 rings (SSSR count). The van der Waals surface area contributed by atoms with Crippen LogP contribution in [0.15, 0.2) is 30.6 Å². The third-order valence-electron chi connectivity index (χ3n) is 5.49. The maximum Gasteiger partial charge on any atom is 0.229 e. The average Bonchev–Trinajstić information content (AvgIpc) is 3.11. The van der Waals surface area contributed by atoms with Gasteiger partial charge in [0.25, 0.3) is 0 Å². The number of methoxy groups -OCH3 is 1. The van der Waals surface area contributed by atoms with Crippen molar-refractivity contribution in [1.82, 2.24) is 19.4 Å². The van der Waals surface area contributed by atoms with Gasteiger partial charge in [0, 0.05) is 45.6 Å². The quantitative estimate of drug-likeness (QED) is 0.813. The Morgan fingerprint density at radius 1 is 1.30 bits per heavy atom. The van der Waals surface area contributed by atoms with Gasteiger partial charge >= 0.3 is 0 Å². The van der Waals surface area contributed by atoms with Gasteiger partial charge in [-0.2, -0.15) is 0 Å². The first-order chi connectivity index (χ1) is 13.1. The van der Waals surface area contributed by atoms with Gasteiger partial charge in [-0.05, 0) is 30.2 Å². The van der Waals surface area contributed by atoms with Crippen LogP contribution in [-0.2, 0) is 24.8 Å². The lowest BCUT2D eigenvalue weighted by Crippen LogP contribution is -2.51. The largest absolute Gasteiger partial charge is 0.497 e. The number of fused-ring (bicyclic) bond motifs is 1. The minimum Gasteiger partial charge on any atom is -0.497 e. The molecule has 2 aliphatic heterocycles. The molecule has 1 amide bonds.